The third-order valence-electron chi connectivity index (χ3n) is 4.74. The zero-order chi connectivity index (χ0) is 15.8. The van der Waals surface area contributed by atoms with Crippen LogP contribution < -0.4 is 0 Å². The molecule has 0 amide bonds. The molecule has 0 fully saturated rings. The number of fused-ring (bicyclic) bond motifs is 1. The molecule has 0 bridgehead atoms. The van der Waals surface area contributed by atoms with E-state index in [1.54, 1.807) is 0 Å². The largest absolute Gasteiger partial charge is 0.262 e. The van der Waals surface area contributed by atoms with E-state index in [4.69, 9.17) is 4.98 Å². The van der Waals surface area contributed by atoms with Crippen LogP contribution in [0.15, 0.2) is 48.8 Å². The van der Waals surface area contributed by atoms with Crippen LogP contribution in [0, 0.1) is 13.8 Å². The molecule has 0 radical (unpaired) electrons. The summed E-state index contributed by atoms with van der Waals surface area (Å²) in [6, 6.07) is 13.0. The fourth-order valence-electron chi connectivity index (χ4n) is 3.58. The molecule has 2 aromatic heterocycles. The summed E-state index contributed by atoms with van der Waals surface area (Å²) in [4.78, 5) is 9.05. The first-order valence-electron chi connectivity index (χ1n) is 8.23. The predicted molar refractivity (Wildman–Crippen MR) is 94.4 cm³/mol. The Hall–Kier alpha value is -2.48. The highest BCUT2D eigenvalue weighted by molar-refractivity contribution is 5.72. The quantitative estimate of drug-likeness (QED) is 0.671. The first kappa shape index (κ1) is 14.1. The molecule has 114 valence electrons. The van der Waals surface area contributed by atoms with E-state index in [1.807, 2.05) is 19.3 Å². The van der Waals surface area contributed by atoms with Crippen LogP contribution in [0.3, 0.4) is 0 Å². The first-order valence-corrected chi connectivity index (χ1v) is 8.23. The van der Waals surface area contributed by atoms with E-state index in [9.17, 15) is 0 Å². The molecular formula is C21H20N2. The normalized spacial score (nSPS) is 13.1. The zero-order valence-electron chi connectivity index (χ0n) is 13.6. The van der Waals surface area contributed by atoms with Gasteiger partial charge in [-0.15, -0.1) is 0 Å². The molecule has 2 nitrogen and oxygen atoms in total. The van der Waals surface area contributed by atoms with Crippen LogP contribution in [0.1, 0.15) is 28.8 Å². The molecule has 0 atom stereocenters. The molecule has 1 aliphatic rings. The lowest BCUT2D eigenvalue weighted by atomic mass is 9.97. The Kier molecular flexibility index (Phi) is 3.45. The number of pyridine rings is 2. The van der Waals surface area contributed by atoms with Gasteiger partial charge in [0.05, 0.1) is 5.69 Å². The van der Waals surface area contributed by atoms with Gasteiger partial charge in [0, 0.05) is 29.2 Å². The minimum absolute atomic E-state index is 1.03. The molecule has 2 heteroatoms. The molecule has 0 saturated carbocycles. The van der Waals surface area contributed by atoms with Gasteiger partial charge in [-0.05, 0) is 73.6 Å². The molecule has 0 unspecified atom stereocenters. The minimum Gasteiger partial charge on any atom is -0.262 e. The fourth-order valence-corrected chi connectivity index (χ4v) is 3.58. The number of benzene rings is 1. The summed E-state index contributed by atoms with van der Waals surface area (Å²) in [5, 5.41) is 0. The number of hydrogen-bond acceptors (Lipinski definition) is 2. The van der Waals surface area contributed by atoms with Gasteiger partial charge < -0.3 is 0 Å². The van der Waals surface area contributed by atoms with Crippen molar-refractivity contribution in [2.75, 3.05) is 0 Å². The van der Waals surface area contributed by atoms with Gasteiger partial charge in [-0.3, -0.25) is 9.97 Å². The Morgan fingerprint density at radius 1 is 0.913 bits per heavy atom. The van der Waals surface area contributed by atoms with Crippen LogP contribution in [0.25, 0.3) is 22.4 Å². The third-order valence-corrected chi connectivity index (χ3v) is 4.74. The smallest absolute Gasteiger partial charge is 0.0707 e. The summed E-state index contributed by atoms with van der Waals surface area (Å²) in [5.41, 5.74) is 10.1. The van der Waals surface area contributed by atoms with Crippen molar-refractivity contribution < 1.29 is 0 Å². The van der Waals surface area contributed by atoms with Gasteiger partial charge in [-0.2, -0.15) is 0 Å². The maximum atomic E-state index is 4.77. The second-order valence-corrected chi connectivity index (χ2v) is 6.37. The van der Waals surface area contributed by atoms with Crippen LogP contribution in [-0.2, 0) is 12.8 Å². The average molecular weight is 300 g/mol. The topological polar surface area (TPSA) is 25.8 Å². The van der Waals surface area contributed by atoms with Crippen LogP contribution in [0.4, 0.5) is 0 Å². The number of nitrogens with zero attached hydrogens (tertiary/aromatic N) is 2. The minimum atomic E-state index is 1.03. The second kappa shape index (κ2) is 5.62. The van der Waals surface area contributed by atoms with Crippen LogP contribution in [0.5, 0.6) is 0 Å². The second-order valence-electron chi connectivity index (χ2n) is 6.37. The van der Waals surface area contributed by atoms with Crippen molar-refractivity contribution in [3.05, 3.63) is 71.2 Å². The lowest BCUT2D eigenvalue weighted by Gasteiger charge is -2.11. The van der Waals surface area contributed by atoms with Gasteiger partial charge in [-0.1, -0.05) is 18.2 Å². The Balaban J connectivity index is 1.79. The summed E-state index contributed by atoms with van der Waals surface area (Å²) >= 11 is 0. The van der Waals surface area contributed by atoms with Crippen LogP contribution >= 0.6 is 0 Å². The van der Waals surface area contributed by atoms with E-state index in [0.29, 0.717) is 0 Å². The Morgan fingerprint density at radius 3 is 2.65 bits per heavy atom. The number of hydrogen-bond donors (Lipinski definition) is 0. The SMILES string of the molecule is Cc1cc(-c2cnc(-c3cccc4c3CCC4)cc2C)ccn1. The molecule has 2 heterocycles. The average Bonchev–Trinajstić information content (AvgIpc) is 3.03. The van der Waals surface area contributed by atoms with Crippen LogP contribution in [-0.4, -0.2) is 9.97 Å². The monoisotopic (exact) mass is 300 g/mol. The van der Waals surface area contributed by atoms with Crippen molar-refractivity contribution in [1.82, 2.24) is 9.97 Å². The van der Waals surface area contributed by atoms with E-state index < -0.39 is 0 Å². The lowest BCUT2D eigenvalue weighted by molar-refractivity contribution is 0.912. The Morgan fingerprint density at radius 2 is 1.83 bits per heavy atom. The highest BCUT2D eigenvalue weighted by atomic mass is 14.7. The van der Waals surface area contributed by atoms with Gasteiger partial charge in [0.2, 0.25) is 0 Å². The van der Waals surface area contributed by atoms with Crippen molar-refractivity contribution in [2.45, 2.75) is 33.1 Å². The molecule has 0 spiro atoms. The molecule has 0 N–H and O–H groups in total. The highest BCUT2D eigenvalue weighted by Crippen LogP contribution is 2.33. The van der Waals surface area contributed by atoms with Gasteiger partial charge in [0.15, 0.2) is 0 Å². The lowest BCUT2D eigenvalue weighted by Crippen LogP contribution is -1.94. The van der Waals surface area contributed by atoms with Gasteiger partial charge >= 0.3 is 0 Å². The summed E-state index contributed by atoms with van der Waals surface area (Å²) in [7, 11) is 0. The Bertz CT molecular complexity index is 881. The van der Waals surface area contributed by atoms with E-state index in [1.165, 1.54) is 52.6 Å². The molecule has 4 rings (SSSR count). The highest BCUT2D eigenvalue weighted by Gasteiger charge is 2.16. The van der Waals surface area contributed by atoms with Crippen molar-refractivity contribution in [2.24, 2.45) is 0 Å². The molecular weight excluding hydrogens is 280 g/mol. The number of aryl methyl sites for hydroxylation is 3. The van der Waals surface area contributed by atoms with Crippen molar-refractivity contribution >= 4 is 0 Å². The van der Waals surface area contributed by atoms with E-state index in [2.05, 4.69) is 48.3 Å². The number of aromatic nitrogens is 2. The summed E-state index contributed by atoms with van der Waals surface area (Å²) in [6.45, 7) is 4.19. The van der Waals surface area contributed by atoms with Crippen LogP contribution in [0.2, 0.25) is 0 Å². The molecule has 0 aliphatic heterocycles. The zero-order valence-corrected chi connectivity index (χ0v) is 13.6. The predicted octanol–water partition coefficient (Wildman–Crippen LogP) is 4.92. The molecule has 1 aromatic carbocycles. The summed E-state index contributed by atoms with van der Waals surface area (Å²) in [5.74, 6) is 0. The summed E-state index contributed by atoms with van der Waals surface area (Å²) < 4.78 is 0. The van der Waals surface area contributed by atoms with Gasteiger partial charge in [0.25, 0.3) is 0 Å². The van der Waals surface area contributed by atoms with Crippen molar-refractivity contribution in [3.63, 3.8) is 0 Å². The summed E-state index contributed by atoms with van der Waals surface area (Å²) in [6.07, 6.45) is 7.52. The molecule has 1 aliphatic carbocycles. The fraction of sp³-hybridized carbons (Fsp3) is 0.238. The first-order chi connectivity index (χ1) is 11.2. The number of rotatable bonds is 2. The van der Waals surface area contributed by atoms with E-state index >= 15 is 0 Å². The Labute approximate surface area is 137 Å². The van der Waals surface area contributed by atoms with Crippen molar-refractivity contribution in [3.8, 4) is 22.4 Å². The molecule has 3 aromatic rings. The maximum Gasteiger partial charge on any atom is 0.0707 e. The standard InChI is InChI=1S/C21H20N2/c1-14-11-21(19-8-4-6-16-5-3-7-18(16)19)23-13-20(14)17-9-10-22-15(2)12-17/h4,6,8-13H,3,5,7H2,1-2H3. The van der Waals surface area contributed by atoms with Crippen molar-refractivity contribution in [1.29, 1.82) is 0 Å². The third kappa shape index (κ3) is 2.55. The van der Waals surface area contributed by atoms with Gasteiger partial charge in [-0.25, -0.2) is 0 Å². The van der Waals surface area contributed by atoms with Gasteiger partial charge in [0.1, 0.15) is 0 Å². The van der Waals surface area contributed by atoms with E-state index in [0.717, 1.165) is 11.4 Å². The molecule has 23 heavy (non-hydrogen) atoms. The maximum absolute atomic E-state index is 4.77. The molecule has 0 saturated heterocycles. The van der Waals surface area contributed by atoms with E-state index in [-0.39, 0.29) is 0 Å².